The van der Waals surface area contributed by atoms with Gasteiger partial charge in [-0.3, -0.25) is 9.36 Å². The van der Waals surface area contributed by atoms with Crippen LogP contribution in [-0.4, -0.2) is 30.6 Å². The zero-order valence-corrected chi connectivity index (χ0v) is 13.3. The molecule has 0 aliphatic carbocycles. The highest BCUT2D eigenvalue weighted by atomic mass is 79.9. The summed E-state index contributed by atoms with van der Waals surface area (Å²) in [7, 11) is 0. The Morgan fingerprint density at radius 1 is 1.40 bits per heavy atom. The summed E-state index contributed by atoms with van der Waals surface area (Å²) in [6.07, 6.45) is 2.23. The molecule has 1 N–H and O–H groups in total. The van der Waals surface area contributed by atoms with E-state index in [1.807, 2.05) is 11.6 Å². The molecule has 2 aromatic rings. The predicted molar refractivity (Wildman–Crippen MR) is 78.0 cm³/mol. The molecule has 2 rings (SSSR count). The van der Waals surface area contributed by atoms with E-state index in [-0.39, 0.29) is 5.56 Å². The van der Waals surface area contributed by atoms with E-state index >= 15 is 0 Å². The Bertz CT molecular complexity index is 645. The molecular formula is C13H17BrN4O2. The summed E-state index contributed by atoms with van der Waals surface area (Å²) in [5.41, 5.74) is 2.89. The number of carboxylic acid groups (broad SMARTS) is 1. The molecule has 0 aliphatic rings. The van der Waals surface area contributed by atoms with E-state index in [1.54, 1.807) is 11.6 Å². The largest absolute Gasteiger partial charge is 0.478 e. The van der Waals surface area contributed by atoms with Crippen LogP contribution in [0.1, 0.15) is 41.3 Å². The number of hydrogen-bond donors (Lipinski definition) is 1. The van der Waals surface area contributed by atoms with Crippen LogP contribution in [0, 0.1) is 6.92 Å². The van der Waals surface area contributed by atoms with Crippen molar-refractivity contribution < 1.29 is 9.90 Å². The van der Waals surface area contributed by atoms with Crippen LogP contribution in [0.4, 0.5) is 0 Å². The van der Waals surface area contributed by atoms with Gasteiger partial charge in [0, 0.05) is 6.54 Å². The van der Waals surface area contributed by atoms with Crippen LogP contribution in [-0.2, 0) is 19.5 Å². The fourth-order valence-electron chi connectivity index (χ4n) is 2.13. The van der Waals surface area contributed by atoms with Crippen molar-refractivity contribution in [1.82, 2.24) is 19.6 Å². The average Bonchev–Trinajstić information content (AvgIpc) is 2.93. The van der Waals surface area contributed by atoms with Crippen molar-refractivity contribution in [2.75, 3.05) is 0 Å². The molecule has 0 saturated heterocycles. The Kier molecular flexibility index (Phi) is 4.27. The van der Waals surface area contributed by atoms with Crippen LogP contribution < -0.4 is 0 Å². The maximum atomic E-state index is 11.0. The molecule has 0 aromatic carbocycles. The van der Waals surface area contributed by atoms with Gasteiger partial charge in [-0.1, -0.05) is 6.92 Å². The summed E-state index contributed by atoms with van der Waals surface area (Å²) in [5.74, 6) is -0.953. The normalized spacial score (nSPS) is 11.0. The van der Waals surface area contributed by atoms with Crippen molar-refractivity contribution >= 4 is 21.9 Å². The molecule has 0 fully saturated rings. The van der Waals surface area contributed by atoms with Gasteiger partial charge in [0.1, 0.15) is 5.56 Å². The number of aryl methyl sites for hydroxylation is 2. The standard InChI is InChI=1S/C13H17BrN4O2/c1-4-10-12(14)11(17(5-2)16-10)7-18-8(3)9(6-15-18)13(19)20/h6H,4-5,7H2,1-3H3,(H,19,20). The lowest BCUT2D eigenvalue weighted by atomic mass is 10.2. The van der Waals surface area contributed by atoms with Gasteiger partial charge in [-0.2, -0.15) is 10.2 Å². The Morgan fingerprint density at radius 2 is 2.10 bits per heavy atom. The molecule has 0 unspecified atom stereocenters. The SMILES string of the molecule is CCc1nn(CC)c(Cn2ncc(C(=O)O)c2C)c1Br. The Hall–Kier alpha value is -1.63. The van der Waals surface area contributed by atoms with Crippen LogP contribution in [0.5, 0.6) is 0 Å². The first-order chi connectivity index (χ1) is 9.49. The zero-order valence-electron chi connectivity index (χ0n) is 11.7. The minimum absolute atomic E-state index is 0.236. The molecule has 0 radical (unpaired) electrons. The second-order valence-corrected chi connectivity index (χ2v) is 5.28. The third-order valence-corrected chi connectivity index (χ3v) is 4.24. The number of rotatable bonds is 5. The van der Waals surface area contributed by atoms with E-state index in [9.17, 15) is 4.79 Å². The first-order valence-electron chi connectivity index (χ1n) is 6.49. The van der Waals surface area contributed by atoms with Gasteiger partial charge in [0.15, 0.2) is 0 Å². The minimum Gasteiger partial charge on any atom is -0.478 e. The number of carbonyl (C=O) groups is 1. The van der Waals surface area contributed by atoms with E-state index < -0.39 is 5.97 Å². The summed E-state index contributed by atoms with van der Waals surface area (Å²) < 4.78 is 4.59. The smallest absolute Gasteiger partial charge is 0.339 e. The number of aromatic nitrogens is 4. The molecule has 0 bridgehead atoms. The van der Waals surface area contributed by atoms with E-state index in [4.69, 9.17) is 5.11 Å². The number of aromatic carboxylic acids is 1. The molecule has 7 heteroatoms. The molecule has 0 saturated carbocycles. The average molecular weight is 341 g/mol. The lowest BCUT2D eigenvalue weighted by Gasteiger charge is -2.08. The topological polar surface area (TPSA) is 72.9 Å². The van der Waals surface area contributed by atoms with Crippen LogP contribution in [0.25, 0.3) is 0 Å². The molecule has 0 amide bonds. The second-order valence-electron chi connectivity index (χ2n) is 4.48. The molecule has 2 heterocycles. The van der Waals surface area contributed by atoms with Gasteiger partial charge in [-0.25, -0.2) is 4.79 Å². The van der Waals surface area contributed by atoms with Crippen LogP contribution >= 0.6 is 15.9 Å². The van der Waals surface area contributed by atoms with E-state index in [2.05, 4.69) is 33.1 Å². The summed E-state index contributed by atoms with van der Waals surface area (Å²) in [6, 6.07) is 0. The molecule has 0 atom stereocenters. The third-order valence-electron chi connectivity index (χ3n) is 3.33. The fourth-order valence-corrected chi connectivity index (χ4v) is 2.82. The van der Waals surface area contributed by atoms with Crippen molar-refractivity contribution in [2.24, 2.45) is 0 Å². The maximum Gasteiger partial charge on any atom is 0.339 e. The summed E-state index contributed by atoms with van der Waals surface area (Å²) in [4.78, 5) is 11.0. The monoisotopic (exact) mass is 340 g/mol. The highest BCUT2D eigenvalue weighted by molar-refractivity contribution is 9.10. The Labute approximate surface area is 125 Å². The van der Waals surface area contributed by atoms with Gasteiger partial charge in [-0.05, 0) is 36.2 Å². The van der Waals surface area contributed by atoms with Gasteiger partial charge in [0.2, 0.25) is 0 Å². The van der Waals surface area contributed by atoms with Crippen molar-refractivity contribution in [3.05, 3.63) is 33.3 Å². The number of nitrogens with zero attached hydrogens (tertiary/aromatic N) is 4. The molecular weight excluding hydrogens is 324 g/mol. The molecule has 108 valence electrons. The van der Waals surface area contributed by atoms with Gasteiger partial charge in [0.25, 0.3) is 0 Å². The molecule has 0 spiro atoms. The van der Waals surface area contributed by atoms with Gasteiger partial charge in [-0.15, -0.1) is 0 Å². The first kappa shape index (κ1) is 14.8. The number of halogens is 1. The highest BCUT2D eigenvalue weighted by Gasteiger charge is 2.18. The Morgan fingerprint density at radius 3 is 2.60 bits per heavy atom. The predicted octanol–water partition coefficient (Wildman–Crippen LogP) is 2.48. The lowest BCUT2D eigenvalue weighted by molar-refractivity contribution is 0.0696. The van der Waals surface area contributed by atoms with Gasteiger partial charge < -0.3 is 5.11 Å². The van der Waals surface area contributed by atoms with Crippen molar-refractivity contribution in [2.45, 2.75) is 40.3 Å². The summed E-state index contributed by atoms with van der Waals surface area (Å²) in [5, 5.41) is 17.7. The van der Waals surface area contributed by atoms with Crippen LogP contribution in [0.2, 0.25) is 0 Å². The zero-order chi connectivity index (χ0) is 14.9. The number of carboxylic acids is 1. The first-order valence-corrected chi connectivity index (χ1v) is 7.28. The molecule has 0 aliphatic heterocycles. The highest BCUT2D eigenvalue weighted by Crippen LogP contribution is 2.23. The van der Waals surface area contributed by atoms with Gasteiger partial charge >= 0.3 is 5.97 Å². The van der Waals surface area contributed by atoms with E-state index in [1.165, 1.54) is 6.20 Å². The number of hydrogen-bond acceptors (Lipinski definition) is 3. The third kappa shape index (κ3) is 2.49. The van der Waals surface area contributed by atoms with E-state index in [0.29, 0.717) is 12.2 Å². The van der Waals surface area contributed by atoms with Gasteiger partial charge in [0.05, 0.1) is 34.3 Å². The maximum absolute atomic E-state index is 11.0. The Balaban J connectivity index is 2.39. The molecule has 2 aromatic heterocycles. The molecule has 20 heavy (non-hydrogen) atoms. The quantitative estimate of drug-likeness (QED) is 0.907. The van der Waals surface area contributed by atoms with Crippen molar-refractivity contribution in [3.8, 4) is 0 Å². The van der Waals surface area contributed by atoms with E-state index in [0.717, 1.165) is 28.8 Å². The van der Waals surface area contributed by atoms with Crippen molar-refractivity contribution in [3.63, 3.8) is 0 Å². The fraction of sp³-hybridized carbons (Fsp3) is 0.462. The minimum atomic E-state index is -0.953. The summed E-state index contributed by atoms with van der Waals surface area (Å²) in [6.45, 7) is 7.11. The van der Waals surface area contributed by atoms with Crippen LogP contribution in [0.15, 0.2) is 10.7 Å². The van der Waals surface area contributed by atoms with Crippen LogP contribution in [0.3, 0.4) is 0 Å². The molecule has 6 nitrogen and oxygen atoms in total. The lowest BCUT2D eigenvalue weighted by Crippen LogP contribution is -2.11. The second kappa shape index (κ2) is 5.78. The summed E-state index contributed by atoms with van der Waals surface area (Å²) >= 11 is 3.58. The van der Waals surface area contributed by atoms with Crippen molar-refractivity contribution in [1.29, 1.82) is 0 Å².